The van der Waals surface area contributed by atoms with Gasteiger partial charge in [0.15, 0.2) is 11.6 Å². The number of carbonyl (C=O) groups is 3. The van der Waals surface area contributed by atoms with E-state index in [2.05, 4.69) is 19.2 Å². The van der Waals surface area contributed by atoms with Crippen LogP contribution in [0, 0.1) is 5.41 Å². The molecule has 5 heteroatoms. The van der Waals surface area contributed by atoms with Crippen LogP contribution in [-0.2, 0) is 4.79 Å². The number of rotatable bonds is 3. The maximum Gasteiger partial charge on any atom is 0.343 e. The molecule has 36 heavy (non-hydrogen) atoms. The number of dihydropyridines is 1. The van der Waals surface area contributed by atoms with E-state index in [9.17, 15) is 14.4 Å². The number of benzene rings is 3. The Morgan fingerprint density at radius 1 is 0.833 bits per heavy atom. The van der Waals surface area contributed by atoms with Gasteiger partial charge in [0.1, 0.15) is 5.75 Å². The van der Waals surface area contributed by atoms with Gasteiger partial charge in [-0.25, -0.2) is 4.79 Å². The summed E-state index contributed by atoms with van der Waals surface area (Å²) in [5, 5.41) is 3.49. The van der Waals surface area contributed by atoms with Crippen LogP contribution in [0.3, 0.4) is 0 Å². The van der Waals surface area contributed by atoms with Crippen molar-refractivity contribution in [3.8, 4) is 5.75 Å². The summed E-state index contributed by atoms with van der Waals surface area (Å²) < 4.78 is 5.55. The summed E-state index contributed by atoms with van der Waals surface area (Å²) in [7, 11) is 0. The van der Waals surface area contributed by atoms with Crippen LogP contribution in [0.1, 0.15) is 64.4 Å². The van der Waals surface area contributed by atoms with Crippen LogP contribution in [-0.4, -0.2) is 17.5 Å². The first-order valence-electron chi connectivity index (χ1n) is 12.1. The average Bonchev–Trinajstić information content (AvgIpc) is 3.15. The Labute approximate surface area is 209 Å². The summed E-state index contributed by atoms with van der Waals surface area (Å²) in [6, 6.07) is 23.5. The summed E-state index contributed by atoms with van der Waals surface area (Å²) in [6.07, 6.45) is 1.16. The van der Waals surface area contributed by atoms with Crippen molar-refractivity contribution in [2.75, 3.05) is 0 Å². The summed E-state index contributed by atoms with van der Waals surface area (Å²) in [5.74, 6) is -0.498. The number of hydrogen-bond acceptors (Lipinski definition) is 5. The van der Waals surface area contributed by atoms with Gasteiger partial charge >= 0.3 is 5.97 Å². The summed E-state index contributed by atoms with van der Waals surface area (Å²) in [4.78, 5) is 39.5. The van der Waals surface area contributed by atoms with Gasteiger partial charge in [0.2, 0.25) is 0 Å². The van der Waals surface area contributed by atoms with Crippen LogP contribution in [0.4, 0.5) is 0 Å². The smallest absolute Gasteiger partial charge is 0.343 e. The van der Waals surface area contributed by atoms with Crippen LogP contribution >= 0.6 is 0 Å². The van der Waals surface area contributed by atoms with Crippen molar-refractivity contribution in [3.63, 3.8) is 0 Å². The molecule has 1 unspecified atom stereocenters. The highest BCUT2D eigenvalue weighted by molar-refractivity contribution is 6.23. The number of esters is 1. The molecular weight excluding hydrogens is 450 g/mol. The van der Waals surface area contributed by atoms with Gasteiger partial charge in [0.25, 0.3) is 0 Å². The predicted octanol–water partition coefficient (Wildman–Crippen LogP) is 5.84. The lowest BCUT2D eigenvalue weighted by molar-refractivity contribution is -0.118. The predicted molar refractivity (Wildman–Crippen MR) is 136 cm³/mol. The second kappa shape index (κ2) is 8.16. The molecule has 3 aliphatic rings. The third-order valence-corrected chi connectivity index (χ3v) is 7.16. The maximum atomic E-state index is 13.6. The van der Waals surface area contributed by atoms with Crippen molar-refractivity contribution in [3.05, 3.63) is 118 Å². The van der Waals surface area contributed by atoms with Crippen LogP contribution in [0.2, 0.25) is 0 Å². The molecule has 178 valence electrons. The van der Waals surface area contributed by atoms with Gasteiger partial charge < -0.3 is 10.1 Å². The van der Waals surface area contributed by atoms with E-state index in [4.69, 9.17) is 4.74 Å². The molecule has 1 heterocycles. The first kappa shape index (κ1) is 22.2. The highest BCUT2D eigenvalue weighted by Crippen LogP contribution is 2.51. The minimum Gasteiger partial charge on any atom is -0.423 e. The molecule has 3 aromatic carbocycles. The molecule has 0 saturated carbocycles. The lowest BCUT2D eigenvalue weighted by Gasteiger charge is -2.39. The topological polar surface area (TPSA) is 72.5 Å². The Balaban J connectivity index is 1.41. The monoisotopic (exact) mass is 475 g/mol. The van der Waals surface area contributed by atoms with E-state index in [0.29, 0.717) is 34.4 Å². The zero-order chi connectivity index (χ0) is 25.0. The van der Waals surface area contributed by atoms with E-state index < -0.39 is 11.9 Å². The summed E-state index contributed by atoms with van der Waals surface area (Å²) >= 11 is 0. The molecule has 0 saturated heterocycles. The van der Waals surface area contributed by atoms with Crippen molar-refractivity contribution < 1.29 is 19.1 Å². The second-order valence-corrected chi connectivity index (χ2v) is 10.4. The van der Waals surface area contributed by atoms with Gasteiger partial charge in [-0.15, -0.1) is 0 Å². The maximum absolute atomic E-state index is 13.6. The first-order chi connectivity index (χ1) is 17.3. The Kier molecular flexibility index (Phi) is 5.04. The number of ether oxygens (including phenoxy) is 1. The number of Topliss-reactive ketones (excluding diaryl/α,β-unsaturated/α-hetero) is 2. The number of carbonyl (C=O) groups excluding carboxylic acids is 3. The lowest BCUT2D eigenvalue weighted by Crippen LogP contribution is -2.37. The minimum atomic E-state index is -0.473. The zero-order valence-corrected chi connectivity index (χ0v) is 20.1. The molecule has 0 bridgehead atoms. The lowest BCUT2D eigenvalue weighted by atomic mass is 9.68. The van der Waals surface area contributed by atoms with Gasteiger partial charge in [0, 0.05) is 40.3 Å². The number of allylic oxidation sites excluding steroid dienone is 3. The standard InChI is InChI=1S/C31H25NO4/c1-31(2)16-23-26(24(33)17-31)25(27-28(32-23)21-10-6-7-11-22(21)29(27)34)18-12-14-20(15-13-18)36-30(35)19-8-4-3-5-9-19/h3-15,25,32H,16-17H2,1-2H3. The SMILES string of the molecule is CC1(C)CC(=O)C2=C(C1)NC1=C(C(=O)c3ccccc31)C2c1ccc(OC(=O)c2ccccc2)cc1. The van der Waals surface area contributed by atoms with Crippen LogP contribution in [0.5, 0.6) is 5.75 Å². The van der Waals surface area contributed by atoms with Crippen molar-refractivity contribution in [2.45, 2.75) is 32.6 Å². The van der Waals surface area contributed by atoms with E-state index in [0.717, 1.165) is 28.9 Å². The molecule has 1 N–H and O–H groups in total. The molecule has 1 atom stereocenters. The van der Waals surface area contributed by atoms with E-state index >= 15 is 0 Å². The summed E-state index contributed by atoms with van der Waals surface area (Å²) in [6.45, 7) is 4.19. The van der Waals surface area contributed by atoms with E-state index in [1.54, 1.807) is 36.4 Å². The number of nitrogens with one attached hydrogen (secondary N) is 1. The van der Waals surface area contributed by atoms with Crippen LogP contribution in [0.25, 0.3) is 5.70 Å². The average molecular weight is 476 g/mol. The van der Waals surface area contributed by atoms with Crippen molar-refractivity contribution >= 4 is 23.2 Å². The fraction of sp³-hybridized carbons (Fsp3) is 0.194. The molecule has 2 aliphatic carbocycles. The highest BCUT2D eigenvalue weighted by Gasteiger charge is 2.46. The Bertz CT molecular complexity index is 1490. The first-order valence-corrected chi connectivity index (χ1v) is 12.1. The molecule has 6 rings (SSSR count). The van der Waals surface area contributed by atoms with E-state index in [1.807, 2.05) is 42.5 Å². The largest absolute Gasteiger partial charge is 0.423 e. The third-order valence-electron chi connectivity index (χ3n) is 7.16. The molecular formula is C31H25NO4. The molecule has 0 amide bonds. The molecule has 0 fully saturated rings. The Morgan fingerprint density at radius 3 is 2.22 bits per heavy atom. The summed E-state index contributed by atoms with van der Waals surface area (Å²) in [5.41, 5.74) is 5.62. The fourth-order valence-corrected chi connectivity index (χ4v) is 5.59. The second-order valence-electron chi connectivity index (χ2n) is 10.4. The number of hydrogen-bond donors (Lipinski definition) is 1. The highest BCUT2D eigenvalue weighted by atomic mass is 16.5. The number of fused-ring (bicyclic) bond motifs is 2. The number of ketones is 2. The molecule has 0 aromatic heterocycles. The van der Waals surface area contributed by atoms with Gasteiger partial charge in [-0.05, 0) is 41.7 Å². The van der Waals surface area contributed by atoms with Crippen LogP contribution in [0.15, 0.2) is 95.7 Å². The normalized spacial score (nSPS) is 19.9. The van der Waals surface area contributed by atoms with Crippen LogP contribution < -0.4 is 10.1 Å². The van der Waals surface area contributed by atoms with Crippen molar-refractivity contribution in [2.24, 2.45) is 5.41 Å². The fourth-order valence-electron chi connectivity index (χ4n) is 5.59. The van der Waals surface area contributed by atoms with Gasteiger partial charge in [-0.3, -0.25) is 9.59 Å². The van der Waals surface area contributed by atoms with Crippen molar-refractivity contribution in [1.29, 1.82) is 0 Å². The molecule has 0 radical (unpaired) electrons. The molecule has 0 spiro atoms. The minimum absolute atomic E-state index is 0.0538. The Morgan fingerprint density at radius 2 is 1.50 bits per heavy atom. The van der Waals surface area contributed by atoms with E-state index in [1.165, 1.54) is 0 Å². The van der Waals surface area contributed by atoms with Crippen molar-refractivity contribution in [1.82, 2.24) is 5.32 Å². The molecule has 1 aliphatic heterocycles. The quantitative estimate of drug-likeness (QED) is 0.380. The Hall–Kier alpha value is -4.25. The molecule has 3 aromatic rings. The van der Waals surface area contributed by atoms with Gasteiger partial charge in [0.05, 0.1) is 11.3 Å². The zero-order valence-electron chi connectivity index (χ0n) is 20.1. The molecule has 5 nitrogen and oxygen atoms in total. The van der Waals surface area contributed by atoms with Gasteiger partial charge in [-0.2, -0.15) is 0 Å². The van der Waals surface area contributed by atoms with Gasteiger partial charge in [-0.1, -0.05) is 68.4 Å². The third kappa shape index (κ3) is 3.59. The van der Waals surface area contributed by atoms with E-state index in [-0.39, 0.29) is 17.0 Å².